The second kappa shape index (κ2) is 5.46. The van der Waals surface area contributed by atoms with Crippen LogP contribution in [0.4, 0.5) is 0 Å². The average molecular weight is 188 g/mol. The third-order valence-corrected chi connectivity index (χ3v) is 2.49. The molecule has 0 spiro atoms. The summed E-state index contributed by atoms with van der Waals surface area (Å²) >= 11 is 3.87. The van der Waals surface area contributed by atoms with Gasteiger partial charge < -0.3 is 4.74 Å². The molecule has 0 aromatic rings. The number of esters is 1. The molecule has 12 heavy (non-hydrogen) atoms. The molecule has 2 nitrogen and oxygen atoms in total. The molecule has 0 saturated heterocycles. The second-order valence-corrected chi connectivity index (χ2v) is 3.58. The Morgan fingerprint density at radius 1 is 1.25 bits per heavy atom. The molecule has 0 amide bonds. The highest BCUT2D eigenvalue weighted by molar-refractivity contribution is 7.81. The first kappa shape index (κ1) is 9.90. The molecule has 0 heterocycles. The maximum Gasteiger partial charge on any atom is 0.315 e. The summed E-state index contributed by atoms with van der Waals surface area (Å²) in [6, 6.07) is 0. The van der Waals surface area contributed by atoms with Gasteiger partial charge in [-0.1, -0.05) is 12.8 Å². The van der Waals surface area contributed by atoms with Gasteiger partial charge in [0, 0.05) is 0 Å². The first-order valence-corrected chi connectivity index (χ1v) is 5.26. The van der Waals surface area contributed by atoms with Crippen LogP contribution in [-0.4, -0.2) is 17.8 Å². The minimum absolute atomic E-state index is 0.173. The van der Waals surface area contributed by atoms with Crippen LogP contribution in [0.2, 0.25) is 0 Å². The van der Waals surface area contributed by atoms with Crippen molar-refractivity contribution < 1.29 is 9.53 Å². The zero-order valence-corrected chi connectivity index (χ0v) is 8.19. The monoisotopic (exact) mass is 188 g/mol. The molecule has 0 N–H and O–H groups in total. The number of hydrogen-bond acceptors (Lipinski definition) is 3. The molecule has 0 radical (unpaired) electrons. The Hall–Kier alpha value is -0.180. The van der Waals surface area contributed by atoms with E-state index >= 15 is 0 Å². The van der Waals surface area contributed by atoms with E-state index in [0.29, 0.717) is 0 Å². The van der Waals surface area contributed by atoms with Crippen molar-refractivity contribution in [1.29, 1.82) is 0 Å². The van der Waals surface area contributed by atoms with Gasteiger partial charge in [-0.25, -0.2) is 0 Å². The van der Waals surface area contributed by atoms with Crippen molar-refractivity contribution in [3.8, 4) is 0 Å². The molecular formula is C9H16O2S. The normalized spacial score (nSPS) is 20.1. The molecular weight excluding hydrogens is 172 g/mol. The standard InChI is InChI=1S/C9H16O2S/c10-9(7-12)11-8-5-3-1-2-4-6-8/h8,12H,1-7H2. The summed E-state index contributed by atoms with van der Waals surface area (Å²) in [6.45, 7) is 0. The van der Waals surface area contributed by atoms with Crippen LogP contribution in [0.5, 0.6) is 0 Å². The van der Waals surface area contributed by atoms with E-state index < -0.39 is 0 Å². The van der Waals surface area contributed by atoms with Crippen LogP contribution in [0.25, 0.3) is 0 Å². The SMILES string of the molecule is O=C(CS)OC1CCCCCC1. The summed E-state index contributed by atoms with van der Waals surface area (Å²) in [5.74, 6) is 0.0292. The van der Waals surface area contributed by atoms with E-state index in [1.54, 1.807) is 0 Å². The Morgan fingerprint density at radius 2 is 1.83 bits per heavy atom. The van der Waals surface area contributed by atoms with E-state index in [-0.39, 0.29) is 17.8 Å². The number of thiol groups is 1. The average Bonchev–Trinajstić information content (AvgIpc) is 2.33. The van der Waals surface area contributed by atoms with E-state index in [2.05, 4.69) is 12.6 Å². The predicted octanol–water partition coefficient (Wildman–Crippen LogP) is 2.18. The zero-order valence-electron chi connectivity index (χ0n) is 7.29. The van der Waals surface area contributed by atoms with E-state index in [9.17, 15) is 4.79 Å². The first-order valence-electron chi connectivity index (χ1n) is 4.63. The first-order chi connectivity index (χ1) is 5.83. The van der Waals surface area contributed by atoms with Crippen molar-refractivity contribution in [1.82, 2.24) is 0 Å². The fourth-order valence-corrected chi connectivity index (χ4v) is 1.66. The Balaban J connectivity index is 2.24. The molecule has 0 aliphatic heterocycles. The molecule has 0 aromatic heterocycles. The minimum Gasteiger partial charge on any atom is -0.462 e. The number of ether oxygens (including phenoxy) is 1. The van der Waals surface area contributed by atoms with Crippen molar-refractivity contribution >= 4 is 18.6 Å². The van der Waals surface area contributed by atoms with Gasteiger partial charge in [0.2, 0.25) is 0 Å². The van der Waals surface area contributed by atoms with Gasteiger partial charge in [0.05, 0.1) is 5.75 Å². The molecule has 1 rings (SSSR count). The van der Waals surface area contributed by atoms with E-state index in [1.807, 2.05) is 0 Å². The zero-order chi connectivity index (χ0) is 8.81. The van der Waals surface area contributed by atoms with Gasteiger partial charge in [0.15, 0.2) is 0 Å². The van der Waals surface area contributed by atoms with Crippen LogP contribution in [0.3, 0.4) is 0 Å². The van der Waals surface area contributed by atoms with Gasteiger partial charge >= 0.3 is 5.97 Å². The third kappa shape index (κ3) is 3.48. The maximum absolute atomic E-state index is 10.9. The molecule has 70 valence electrons. The molecule has 0 atom stereocenters. The van der Waals surface area contributed by atoms with Crippen LogP contribution in [-0.2, 0) is 9.53 Å². The van der Waals surface area contributed by atoms with Crippen LogP contribution in [0, 0.1) is 0 Å². The van der Waals surface area contributed by atoms with E-state index in [0.717, 1.165) is 12.8 Å². The van der Waals surface area contributed by atoms with Gasteiger partial charge in [-0.2, -0.15) is 12.6 Å². The lowest BCUT2D eigenvalue weighted by Gasteiger charge is -2.14. The van der Waals surface area contributed by atoms with Crippen molar-refractivity contribution in [2.75, 3.05) is 5.75 Å². The molecule has 1 aliphatic carbocycles. The van der Waals surface area contributed by atoms with Gasteiger partial charge in [-0.15, -0.1) is 0 Å². The lowest BCUT2D eigenvalue weighted by Crippen LogP contribution is -2.18. The number of carbonyl (C=O) groups is 1. The minimum atomic E-state index is -0.176. The van der Waals surface area contributed by atoms with Crippen molar-refractivity contribution in [2.24, 2.45) is 0 Å². The second-order valence-electron chi connectivity index (χ2n) is 3.26. The Morgan fingerprint density at radius 3 is 2.33 bits per heavy atom. The maximum atomic E-state index is 10.9. The number of carbonyl (C=O) groups excluding carboxylic acids is 1. The van der Waals surface area contributed by atoms with Gasteiger partial charge in [0.1, 0.15) is 6.10 Å². The summed E-state index contributed by atoms with van der Waals surface area (Å²) in [4.78, 5) is 10.9. The third-order valence-electron chi connectivity index (χ3n) is 2.23. The van der Waals surface area contributed by atoms with Gasteiger partial charge in [-0.05, 0) is 25.7 Å². The highest BCUT2D eigenvalue weighted by atomic mass is 32.1. The molecule has 1 fully saturated rings. The molecule has 0 unspecified atom stereocenters. The molecule has 0 aromatic carbocycles. The molecule has 3 heteroatoms. The largest absolute Gasteiger partial charge is 0.462 e. The number of hydrogen-bond donors (Lipinski definition) is 1. The van der Waals surface area contributed by atoms with Crippen molar-refractivity contribution in [3.05, 3.63) is 0 Å². The molecule has 1 saturated carbocycles. The van der Waals surface area contributed by atoms with Crippen LogP contribution in [0.1, 0.15) is 38.5 Å². The fourth-order valence-electron chi connectivity index (χ4n) is 1.58. The quantitative estimate of drug-likeness (QED) is 0.408. The van der Waals surface area contributed by atoms with Crippen molar-refractivity contribution in [3.63, 3.8) is 0 Å². The van der Waals surface area contributed by atoms with Crippen molar-refractivity contribution in [2.45, 2.75) is 44.6 Å². The lowest BCUT2D eigenvalue weighted by molar-refractivity contribution is -0.146. The van der Waals surface area contributed by atoms with Crippen LogP contribution >= 0.6 is 12.6 Å². The lowest BCUT2D eigenvalue weighted by atomic mass is 10.1. The fraction of sp³-hybridized carbons (Fsp3) is 0.889. The smallest absolute Gasteiger partial charge is 0.315 e. The summed E-state index contributed by atoms with van der Waals surface area (Å²) in [6.07, 6.45) is 7.23. The topological polar surface area (TPSA) is 26.3 Å². The predicted molar refractivity (Wildman–Crippen MR) is 51.4 cm³/mol. The van der Waals surface area contributed by atoms with E-state index in [1.165, 1.54) is 25.7 Å². The summed E-state index contributed by atoms with van der Waals surface area (Å²) in [5, 5.41) is 0. The van der Waals surface area contributed by atoms with E-state index in [4.69, 9.17) is 4.74 Å². The van der Waals surface area contributed by atoms with Crippen LogP contribution < -0.4 is 0 Å². The number of rotatable bonds is 2. The Kier molecular flexibility index (Phi) is 4.51. The molecule has 1 aliphatic rings. The highest BCUT2D eigenvalue weighted by Gasteiger charge is 2.15. The Bertz CT molecular complexity index is 139. The van der Waals surface area contributed by atoms with Crippen LogP contribution in [0.15, 0.2) is 0 Å². The van der Waals surface area contributed by atoms with Gasteiger partial charge in [0.25, 0.3) is 0 Å². The van der Waals surface area contributed by atoms with Gasteiger partial charge in [-0.3, -0.25) is 4.79 Å². The highest BCUT2D eigenvalue weighted by Crippen LogP contribution is 2.19. The summed E-state index contributed by atoms with van der Waals surface area (Å²) < 4.78 is 5.21. The molecule has 0 bridgehead atoms. The Labute approximate surface area is 79.1 Å². The summed E-state index contributed by atoms with van der Waals surface area (Å²) in [7, 11) is 0. The summed E-state index contributed by atoms with van der Waals surface area (Å²) in [5.41, 5.74) is 0.